The maximum Gasteiger partial charge on any atom is 0.119 e. The van der Waals surface area contributed by atoms with Crippen molar-refractivity contribution in [3.63, 3.8) is 0 Å². The highest BCUT2D eigenvalue weighted by Gasteiger charge is 2.19. The Labute approximate surface area is 111 Å². The van der Waals surface area contributed by atoms with Crippen molar-refractivity contribution in [3.8, 4) is 5.75 Å². The lowest BCUT2D eigenvalue weighted by molar-refractivity contribution is 0.177. The van der Waals surface area contributed by atoms with Crippen LogP contribution in [0.25, 0.3) is 0 Å². The lowest BCUT2D eigenvalue weighted by Crippen LogP contribution is -2.34. The van der Waals surface area contributed by atoms with Crippen LogP contribution in [0.1, 0.15) is 38.3 Å². The first kappa shape index (κ1) is 13.4. The van der Waals surface area contributed by atoms with E-state index < -0.39 is 0 Å². The molecule has 0 heterocycles. The van der Waals surface area contributed by atoms with Gasteiger partial charge in [-0.2, -0.15) is 0 Å². The molecule has 1 aromatic carbocycles. The van der Waals surface area contributed by atoms with E-state index in [1.807, 2.05) is 0 Å². The van der Waals surface area contributed by atoms with E-state index in [9.17, 15) is 0 Å². The summed E-state index contributed by atoms with van der Waals surface area (Å²) in [6, 6.07) is 6.58. The molecule has 0 bridgehead atoms. The molecule has 1 aromatic rings. The first-order valence-corrected chi connectivity index (χ1v) is 7.06. The van der Waals surface area contributed by atoms with Crippen molar-refractivity contribution in [2.45, 2.75) is 40.0 Å². The van der Waals surface area contributed by atoms with Gasteiger partial charge in [-0.1, -0.05) is 26.8 Å². The summed E-state index contributed by atoms with van der Waals surface area (Å²) >= 11 is 0. The van der Waals surface area contributed by atoms with Gasteiger partial charge in [0, 0.05) is 12.0 Å². The molecular formula is C16H25NO. The Morgan fingerprint density at radius 3 is 2.78 bits per heavy atom. The van der Waals surface area contributed by atoms with Gasteiger partial charge in [-0.3, -0.25) is 0 Å². The van der Waals surface area contributed by atoms with Crippen molar-refractivity contribution in [3.05, 3.63) is 29.3 Å². The van der Waals surface area contributed by atoms with E-state index in [1.165, 1.54) is 30.4 Å². The third-order valence-corrected chi connectivity index (χ3v) is 3.55. The second-order valence-electron chi connectivity index (χ2n) is 6.02. The van der Waals surface area contributed by atoms with Crippen LogP contribution in [0.5, 0.6) is 5.75 Å². The summed E-state index contributed by atoms with van der Waals surface area (Å²) in [4.78, 5) is 0. The maximum atomic E-state index is 5.95. The van der Waals surface area contributed by atoms with Gasteiger partial charge in [0.1, 0.15) is 5.75 Å². The largest absolute Gasteiger partial charge is 0.493 e. The molecule has 2 heteroatoms. The smallest absolute Gasteiger partial charge is 0.119 e. The van der Waals surface area contributed by atoms with Crippen LogP contribution in [0.15, 0.2) is 18.2 Å². The van der Waals surface area contributed by atoms with Gasteiger partial charge in [0.2, 0.25) is 0 Å². The van der Waals surface area contributed by atoms with Gasteiger partial charge in [0.05, 0.1) is 6.61 Å². The number of hydrogen-bond donors (Lipinski definition) is 1. The van der Waals surface area contributed by atoms with Gasteiger partial charge in [-0.15, -0.1) is 0 Å². The Kier molecular flexibility index (Phi) is 4.28. The lowest BCUT2D eigenvalue weighted by Gasteiger charge is -2.25. The zero-order valence-electron chi connectivity index (χ0n) is 11.9. The topological polar surface area (TPSA) is 21.3 Å². The van der Waals surface area contributed by atoms with Crippen LogP contribution in [0, 0.1) is 5.41 Å². The summed E-state index contributed by atoms with van der Waals surface area (Å²) in [6.45, 7) is 9.39. The van der Waals surface area contributed by atoms with Crippen molar-refractivity contribution < 1.29 is 4.74 Å². The molecule has 18 heavy (non-hydrogen) atoms. The predicted octanol–water partition coefficient (Wildman–Crippen LogP) is 3.19. The number of nitrogens with one attached hydrogen (secondary N) is 1. The molecule has 1 N–H and O–H groups in total. The standard InChI is InChI=1S/C16H25NO/c1-4-17-11-16(2,3)12-18-15-9-8-13-6-5-7-14(13)10-15/h8-10,17H,4-7,11-12H2,1-3H3. The molecular weight excluding hydrogens is 222 g/mol. The molecule has 2 rings (SSSR count). The fraction of sp³-hybridized carbons (Fsp3) is 0.625. The highest BCUT2D eigenvalue weighted by molar-refractivity contribution is 5.38. The lowest BCUT2D eigenvalue weighted by atomic mass is 9.95. The van der Waals surface area contributed by atoms with E-state index in [-0.39, 0.29) is 5.41 Å². The second-order valence-corrected chi connectivity index (χ2v) is 6.02. The fourth-order valence-electron chi connectivity index (χ4n) is 2.43. The van der Waals surface area contributed by atoms with E-state index >= 15 is 0 Å². The van der Waals surface area contributed by atoms with Gasteiger partial charge in [0.15, 0.2) is 0 Å². The Balaban J connectivity index is 1.90. The highest BCUT2D eigenvalue weighted by Crippen LogP contribution is 2.27. The molecule has 0 spiro atoms. The van der Waals surface area contributed by atoms with Crippen molar-refractivity contribution >= 4 is 0 Å². The van der Waals surface area contributed by atoms with Gasteiger partial charge < -0.3 is 10.1 Å². The molecule has 1 aliphatic rings. The average molecular weight is 247 g/mol. The van der Waals surface area contributed by atoms with Crippen molar-refractivity contribution in [1.29, 1.82) is 0 Å². The minimum atomic E-state index is 0.176. The van der Waals surface area contributed by atoms with Crippen LogP contribution >= 0.6 is 0 Å². The molecule has 0 unspecified atom stereocenters. The van der Waals surface area contributed by atoms with E-state index in [2.05, 4.69) is 44.3 Å². The van der Waals surface area contributed by atoms with Crippen molar-refractivity contribution in [1.82, 2.24) is 5.32 Å². The van der Waals surface area contributed by atoms with Gasteiger partial charge in [-0.25, -0.2) is 0 Å². The summed E-state index contributed by atoms with van der Waals surface area (Å²) < 4.78 is 5.95. The zero-order chi connectivity index (χ0) is 13.0. The van der Waals surface area contributed by atoms with Gasteiger partial charge >= 0.3 is 0 Å². The van der Waals surface area contributed by atoms with Crippen molar-refractivity contribution in [2.75, 3.05) is 19.7 Å². The van der Waals surface area contributed by atoms with Crippen LogP contribution < -0.4 is 10.1 Å². The highest BCUT2D eigenvalue weighted by atomic mass is 16.5. The molecule has 0 atom stereocenters. The quantitative estimate of drug-likeness (QED) is 0.833. The third kappa shape index (κ3) is 3.49. The molecule has 0 fully saturated rings. The molecule has 0 radical (unpaired) electrons. The van der Waals surface area contributed by atoms with Crippen LogP contribution in [0.4, 0.5) is 0 Å². The summed E-state index contributed by atoms with van der Waals surface area (Å²) in [6.07, 6.45) is 3.75. The average Bonchev–Trinajstić information content (AvgIpc) is 2.81. The summed E-state index contributed by atoms with van der Waals surface area (Å²) in [5.74, 6) is 1.03. The second kappa shape index (κ2) is 5.75. The van der Waals surface area contributed by atoms with Crippen LogP contribution in [0.2, 0.25) is 0 Å². The minimum absolute atomic E-state index is 0.176. The maximum absolute atomic E-state index is 5.95. The molecule has 2 nitrogen and oxygen atoms in total. The monoisotopic (exact) mass is 247 g/mol. The van der Waals surface area contributed by atoms with E-state index in [4.69, 9.17) is 4.74 Å². The summed E-state index contributed by atoms with van der Waals surface area (Å²) in [7, 11) is 0. The Hall–Kier alpha value is -1.02. The third-order valence-electron chi connectivity index (χ3n) is 3.55. The molecule has 0 amide bonds. The molecule has 1 aliphatic carbocycles. The SMILES string of the molecule is CCNCC(C)(C)COc1ccc2c(c1)CCC2. The van der Waals surface area contributed by atoms with Crippen molar-refractivity contribution in [2.24, 2.45) is 5.41 Å². The summed E-state index contributed by atoms with van der Waals surface area (Å²) in [5, 5.41) is 3.39. The number of benzene rings is 1. The molecule has 0 saturated carbocycles. The van der Waals surface area contributed by atoms with Crippen LogP contribution in [0.3, 0.4) is 0 Å². The minimum Gasteiger partial charge on any atom is -0.493 e. The van der Waals surface area contributed by atoms with Crippen LogP contribution in [-0.4, -0.2) is 19.7 Å². The molecule has 100 valence electrons. The van der Waals surface area contributed by atoms with Gasteiger partial charge in [-0.05, 0) is 49.1 Å². The van der Waals surface area contributed by atoms with E-state index in [1.54, 1.807) is 0 Å². The predicted molar refractivity (Wildman–Crippen MR) is 76.3 cm³/mol. The number of ether oxygens (including phenoxy) is 1. The van der Waals surface area contributed by atoms with Crippen LogP contribution in [-0.2, 0) is 12.8 Å². The fourth-order valence-corrected chi connectivity index (χ4v) is 2.43. The van der Waals surface area contributed by atoms with Gasteiger partial charge in [0.25, 0.3) is 0 Å². The first-order chi connectivity index (χ1) is 8.61. The van der Waals surface area contributed by atoms with E-state index in [0.717, 1.165) is 25.4 Å². The van der Waals surface area contributed by atoms with E-state index in [0.29, 0.717) is 0 Å². The molecule has 0 saturated heterocycles. The first-order valence-electron chi connectivity index (χ1n) is 7.06. The normalized spacial score (nSPS) is 14.6. The zero-order valence-corrected chi connectivity index (χ0v) is 11.9. The Bertz CT molecular complexity index is 398. The molecule has 0 aliphatic heterocycles. The number of fused-ring (bicyclic) bond motifs is 1. The molecule has 0 aromatic heterocycles. The Morgan fingerprint density at radius 2 is 2.00 bits per heavy atom. The number of rotatable bonds is 6. The Morgan fingerprint density at radius 1 is 1.22 bits per heavy atom. The number of hydrogen-bond acceptors (Lipinski definition) is 2. The number of aryl methyl sites for hydroxylation is 2. The summed E-state index contributed by atoms with van der Waals surface area (Å²) in [5.41, 5.74) is 3.17.